The van der Waals surface area contributed by atoms with Crippen molar-refractivity contribution in [3.8, 4) is 0 Å². The molecule has 106 valence electrons. The summed E-state index contributed by atoms with van der Waals surface area (Å²) in [5.41, 5.74) is 0. The molecule has 1 amide bonds. The van der Waals surface area contributed by atoms with Crippen LogP contribution in [0.15, 0.2) is 0 Å². The summed E-state index contributed by atoms with van der Waals surface area (Å²) in [6.07, 6.45) is 4.52. The number of hydrogen-bond acceptors (Lipinski definition) is 3. The molecule has 0 spiro atoms. The molecule has 1 heterocycles. The van der Waals surface area contributed by atoms with Gasteiger partial charge in [0.25, 0.3) is 0 Å². The lowest BCUT2D eigenvalue weighted by atomic mass is 10.1. The summed E-state index contributed by atoms with van der Waals surface area (Å²) in [6.45, 7) is 8.27. The lowest BCUT2D eigenvalue weighted by Crippen LogP contribution is -2.48. The summed E-state index contributed by atoms with van der Waals surface area (Å²) in [5.74, 6) is 0.129. The molecule has 0 aromatic rings. The van der Waals surface area contributed by atoms with E-state index in [1.807, 2.05) is 6.92 Å². The second kappa shape index (κ2) is 7.74. The van der Waals surface area contributed by atoms with Gasteiger partial charge in [0.05, 0.1) is 6.04 Å². The Hall–Kier alpha value is -0.610. The normalized spacial score (nSPS) is 22.4. The van der Waals surface area contributed by atoms with Crippen LogP contribution < -0.4 is 10.6 Å². The van der Waals surface area contributed by atoms with E-state index in [4.69, 9.17) is 0 Å². The third kappa shape index (κ3) is 4.58. The Labute approximate surface area is 111 Å². The predicted molar refractivity (Wildman–Crippen MR) is 75.6 cm³/mol. The van der Waals surface area contributed by atoms with E-state index in [0.717, 1.165) is 19.4 Å². The minimum Gasteiger partial charge on any atom is -0.352 e. The molecule has 0 aromatic carbocycles. The summed E-state index contributed by atoms with van der Waals surface area (Å²) in [4.78, 5) is 14.3. The highest BCUT2D eigenvalue weighted by atomic mass is 16.2. The molecular weight excluding hydrogens is 226 g/mol. The smallest absolute Gasteiger partial charge is 0.237 e. The van der Waals surface area contributed by atoms with Crippen molar-refractivity contribution < 1.29 is 4.79 Å². The number of nitrogens with one attached hydrogen (secondary N) is 2. The van der Waals surface area contributed by atoms with Gasteiger partial charge in [-0.3, -0.25) is 4.79 Å². The highest BCUT2D eigenvalue weighted by molar-refractivity contribution is 5.81. The first kappa shape index (κ1) is 15.4. The molecular formula is C14H29N3O. The van der Waals surface area contributed by atoms with E-state index in [0.29, 0.717) is 12.1 Å². The molecule has 1 fully saturated rings. The van der Waals surface area contributed by atoms with Gasteiger partial charge in [-0.2, -0.15) is 0 Å². The number of rotatable bonds is 7. The maximum atomic E-state index is 12.0. The first-order valence-electron chi connectivity index (χ1n) is 7.32. The molecule has 1 aliphatic heterocycles. The quantitative estimate of drug-likeness (QED) is 0.722. The largest absolute Gasteiger partial charge is 0.352 e. The van der Waals surface area contributed by atoms with Crippen LogP contribution in [0.25, 0.3) is 0 Å². The van der Waals surface area contributed by atoms with Gasteiger partial charge < -0.3 is 15.5 Å². The Morgan fingerprint density at radius 2 is 2.06 bits per heavy atom. The van der Waals surface area contributed by atoms with Gasteiger partial charge in [-0.05, 0) is 46.2 Å². The van der Waals surface area contributed by atoms with Crippen molar-refractivity contribution in [2.24, 2.45) is 0 Å². The van der Waals surface area contributed by atoms with E-state index < -0.39 is 0 Å². The van der Waals surface area contributed by atoms with Crippen LogP contribution in [0.2, 0.25) is 0 Å². The number of amides is 1. The van der Waals surface area contributed by atoms with Crippen molar-refractivity contribution in [2.45, 2.75) is 64.6 Å². The average molecular weight is 255 g/mol. The molecule has 0 aromatic heterocycles. The van der Waals surface area contributed by atoms with Gasteiger partial charge in [-0.15, -0.1) is 0 Å². The predicted octanol–water partition coefficient (Wildman–Crippen LogP) is 1.36. The van der Waals surface area contributed by atoms with E-state index in [1.165, 1.54) is 19.4 Å². The van der Waals surface area contributed by atoms with E-state index in [9.17, 15) is 4.79 Å². The van der Waals surface area contributed by atoms with Crippen LogP contribution in [-0.2, 0) is 4.79 Å². The van der Waals surface area contributed by atoms with Crippen molar-refractivity contribution in [2.75, 3.05) is 20.1 Å². The average Bonchev–Trinajstić information content (AvgIpc) is 2.78. The minimum atomic E-state index is -0.0976. The van der Waals surface area contributed by atoms with Gasteiger partial charge in [0.15, 0.2) is 0 Å². The SMILES string of the molecule is CCC(CC)NC(=O)C(C)NCC1CCCN1C. The van der Waals surface area contributed by atoms with Crippen molar-refractivity contribution in [1.82, 2.24) is 15.5 Å². The lowest BCUT2D eigenvalue weighted by Gasteiger charge is -2.23. The van der Waals surface area contributed by atoms with Crippen molar-refractivity contribution in [1.29, 1.82) is 0 Å². The minimum absolute atomic E-state index is 0.0976. The topological polar surface area (TPSA) is 44.4 Å². The molecule has 2 atom stereocenters. The van der Waals surface area contributed by atoms with Gasteiger partial charge in [0, 0.05) is 18.6 Å². The van der Waals surface area contributed by atoms with Crippen LogP contribution in [-0.4, -0.2) is 49.1 Å². The standard InChI is InChI=1S/C14H29N3O/c1-5-12(6-2)16-14(18)11(3)15-10-13-8-7-9-17(13)4/h11-13,15H,5-10H2,1-4H3,(H,16,18). The maximum Gasteiger partial charge on any atom is 0.237 e. The first-order valence-corrected chi connectivity index (χ1v) is 7.32. The molecule has 1 rings (SSSR count). The van der Waals surface area contributed by atoms with Crippen LogP contribution in [0.5, 0.6) is 0 Å². The van der Waals surface area contributed by atoms with Crippen LogP contribution in [0.1, 0.15) is 46.5 Å². The fraction of sp³-hybridized carbons (Fsp3) is 0.929. The van der Waals surface area contributed by atoms with Crippen molar-refractivity contribution >= 4 is 5.91 Å². The van der Waals surface area contributed by atoms with E-state index >= 15 is 0 Å². The summed E-state index contributed by atoms with van der Waals surface area (Å²) in [6, 6.07) is 0.809. The number of hydrogen-bond donors (Lipinski definition) is 2. The van der Waals surface area contributed by atoms with Gasteiger partial charge >= 0.3 is 0 Å². The lowest BCUT2D eigenvalue weighted by molar-refractivity contribution is -0.123. The Kier molecular flexibility index (Phi) is 6.65. The molecule has 1 saturated heterocycles. The van der Waals surface area contributed by atoms with Crippen LogP contribution >= 0.6 is 0 Å². The molecule has 0 aliphatic carbocycles. The highest BCUT2D eigenvalue weighted by Crippen LogP contribution is 2.13. The fourth-order valence-corrected chi connectivity index (χ4v) is 2.46. The molecule has 0 bridgehead atoms. The third-order valence-electron chi connectivity index (χ3n) is 4.06. The Balaban J connectivity index is 2.26. The Morgan fingerprint density at radius 3 is 2.56 bits per heavy atom. The molecule has 1 aliphatic rings. The fourth-order valence-electron chi connectivity index (χ4n) is 2.46. The van der Waals surface area contributed by atoms with Gasteiger partial charge in [0.1, 0.15) is 0 Å². The summed E-state index contributed by atoms with van der Waals surface area (Å²) in [7, 11) is 2.16. The monoisotopic (exact) mass is 255 g/mol. The molecule has 4 nitrogen and oxygen atoms in total. The van der Waals surface area contributed by atoms with Gasteiger partial charge in [-0.25, -0.2) is 0 Å². The first-order chi connectivity index (χ1) is 8.58. The number of likely N-dealkylation sites (N-methyl/N-ethyl adjacent to an activating group) is 1. The van der Waals surface area contributed by atoms with Crippen LogP contribution in [0.3, 0.4) is 0 Å². The van der Waals surface area contributed by atoms with Crippen LogP contribution in [0, 0.1) is 0 Å². The van der Waals surface area contributed by atoms with Crippen molar-refractivity contribution in [3.05, 3.63) is 0 Å². The summed E-state index contributed by atoms with van der Waals surface area (Å²) in [5, 5.41) is 6.44. The summed E-state index contributed by atoms with van der Waals surface area (Å²) >= 11 is 0. The zero-order valence-corrected chi connectivity index (χ0v) is 12.3. The second-order valence-electron chi connectivity index (χ2n) is 5.43. The molecule has 0 saturated carbocycles. The highest BCUT2D eigenvalue weighted by Gasteiger charge is 2.22. The van der Waals surface area contributed by atoms with E-state index in [-0.39, 0.29) is 11.9 Å². The second-order valence-corrected chi connectivity index (χ2v) is 5.43. The Morgan fingerprint density at radius 1 is 1.39 bits per heavy atom. The Bertz CT molecular complexity index is 253. The van der Waals surface area contributed by atoms with E-state index in [2.05, 4.69) is 36.4 Å². The molecule has 2 unspecified atom stereocenters. The maximum absolute atomic E-state index is 12.0. The molecule has 0 radical (unpaired) electrons. The van der Waals surface area contributed by atoms with Crippen molar-refractivity contribution in [3.63, 3.8) is 0 Å². The number of carbonyl (C=O) groups is 1. The zero-order chi connectivity index (χ0) is 13.5. The van der Waals surface area contributed by atoms with E-state index in [1.54, 1.807) is 0 Å². The van der Waals surface area contributed by atoms with Gasteiger partial charge in [0.2, 0.25) is 5.91 Å². The molecule has 18 heavy (non-hydrogen) atoms. The molecule has 4 heteroatoms. The molecule has 2 N–H and O–H groups in total. The zero-order valence-electron chi connectivity index (χ0n) is 12.3. The van der Waals surface area contributed by atoms with Gasteiger partial charge in [-0.1, -0.05) is 13.8 Å². The number of nitrogens with zero attached hydrogens (tertiary/aromatic N) is 1. The third-order valence-corrected chi connectivity index (χ3v) is 4.06. The van der Waals surface area contributed by atoms with Crippen LogP contribution in [0.4, 0.5) is 0 Å². The number of carbonyl (C=O) groups excluding carboxylic acids is 1. The number of likely N-dealkylation sites (tertiary alicyclic amines) is 1. The summed E-state index contributed by atoms with van der Waals surface area (Å²) < 4.78 is 0.